The van der Waals surface area contributed by atoms with Crippen LogP contribution in [0.15, 0.2) is 47.7 Å². The first-order chi connectivity index (χ1) is 14.6. The van der Waals surface area contributed by atoms with Crippen LogP contribution in [0.25, 0.3) is 10.9 Å². The molecule has 6 nitrogen and oxygen atoms in total. The van der Waals surface area contributed by atoms with E-state index in [0.717, 1.165) is 67.1 Å². The van der Waals surface area contributed by atoms with Gasteiger partial charge in [-0.2, -0.15) is 0 Å². The van der Waals surface area contributed by atoms with Gasteiger partial charge in [-0.1, -0.05) is 6.07 Å². The smallest absolute Gasteiger partial charge is 0.191 e. The van der Waals surface area contributed by atoms with Crippen LogP contribution >= 0.6 is 0 Å². The number of halogens is 1. The summed E-state index contributed by atoms with van der Waals surface area (Å²) in [5.41, 5.74) is 3.25. The van der Waals surface area contributed by atoms with Crippen molar-refractivity contribution >= 4 is 22.7 Å². The predicted octanol–water partition coefficient (Wildman–Crippen LogP) is 3.39. The molecule has 0 radical (unpaired) electrons. The number of hydrogen-bond donors (Lipinski definition) is 3. The molecule has 0 amide bonds. The lowest BCUT2D eigenvalue weighted by Gasteiger charge is -2.33. The number of aliphatic imine (C=N–C) groups is 1. The summed E-state index contributed by atoms with van der Waals surface area (Å²) in [6.45, 7) is 4.74. The van der Waals surface area contributed by atoms with E-state index in [1.807, 2.05) is 12.4 Å². The number of benzene rings is 1. The molecule has 1 aromatic carbocycles. The quantitative estimate of drug-likeness (QED) is 0.447. The van der Waals surface area contributed by atoms with Gasteiger partial charge in [0.05, 0.1) is 0 Å². The summed E-state index contributed by atoms with van der Waals surface area (Å²) in [5, 5.41) is 7.87. The van der Waals surface area contributed by atoms with E-state index >= 15 is 0 Å². The summed E-state index contributed by atoms with van der Waals surface area (Å²) in [4.78, 5) is 14.4. The minimum atomic E-state index is -0.207. The lowest BCUT2D eigenvalue weighted by molar-refractivity contribution is 0.459. The molecule has 0 saturated carbocycles. The summed E-state index contributed by atoms with van der Waals surface area (Å²) in [6.07, 6.45) is 6.75. The summed E-state index contributed by atoms with van der Waals surface area (Å²) in [6, 6.07) is 9.44. The topological polar surface area (TPSA) is 68.3 Å². The molecule has 0 aliphatic carbocycles. The van der Waals surface area contributed by atoms with Gasteiger partial charge in [0.1, 0.15) is 11.6 Å². The number of nitrogens with zero attached hydrogens (tertiary/aromatic N) is 3. The first kappa shape index (κ1) is 20.2. The number of anilines is 1. The number of guanidine groups is 1. The second-order valence-corrected chi connectivity index (χ2v) is 7.85. The van der Waals surface area contributed by atoms with Crippen LogP contribution in [0.5, 0.6) is 0 Å². The SMILES string of the molecule is CN=C(NCCc1c[nH]c2ccc(F)cc12)NC1CCN(c2ccc(C)cn2)CC1. The molecule has 1 aliphatic heterocycles. The molecule has 30 heavy (non-hydrogen) atoms. The molecule has 158 valence electrons. The van der Waals surface area contributed by atoms with Crippen LogP contribution in [0.4, 0.5) is 10.2 Å². The molecule has 1 fully saturated rings. The summed E-state index contributed by atoms with van der Waals surface area (Å²) >= 11 is 0. The highest BCUT2D eigenvalue weighted by atomic mass is 19.1. The zero-order valence-electron chi connectivity index (χ0n) is 17.6. The van der Waals surface area contributed by atoms with Gasteiger partial charge in [-0.15, -0.1) is 0 Å². The second-order valence-electron chi connectivity index (χ2n) is 7.85. The normalized spacial score (nSPS) is 15.6. The van der Waals surface area contributed by atoms with E-state index in [2.05, 4.69) is 49.6 Å². The van der Waals surface area contributed by atoms with Crippen molar-refractivity contribution < 1.29 is 4.39 Å². The Morgan fingerprint density at radius 2 is 2.10 bits per heavy atom. The molecule has 0 atom stereocenters. The first-order valence-electron chi connectivity index (χ1n) is 10.5. The summed E-state index contributed by atoms with van der Waals surface area (Å²) in [7, 11) is 1.79. The van der Waals surface area contributed by atoms with Crippen molar-refractivity contribution in [2.45, 2.75) is 32.2 Å². The zero-order chi connectivity index (χ0) is 20.9. The number of piperidine rings is 1. The molecular weight excluding hydrogens is 379 g/mol. The molecule has 3 aromatic rings. The number of H-pyrrole nitrogens is 1. The lowest BCUT2D eigenvalue weighted by atomic mass is 10.1. The molecule has 1 aliphatic rings. The fraction of sp³-hybridized carbons (Fsp3) is 0.391. The monoisotopic (exact) mass is 408 g/mol. The Labute approximate surface area is 176 Å². The van der Waals surface area contributed by atoms with Crippen molar-refractivity contribution in [3.8, 4) is 0 Å². The van der Waals surface area contributed by atoms with Gasteiger partial charge in [0, 0.05) is 56.0 Å². The van der Waals surface area contributed by atoms with Crippen molar-refractivity contribution in [1.82, 2.24) is 20.6 Å². The van der Waals surface area contributed by atoms with Gasteiger partial charge in [0.25, 0.3) is 0 Å². The number of pyridine rings is 1. The maximum Gasteiger partial charge on any atom is 0.191 e. The minimum Gasteiger partial charge on any atom is -0.361 e. The average Bonchev–Trinajstić information content (AvgIpc) is 3.16. The van der Waals surface area contributed by atoms with Crippen LogP contribution in [0.1, 0.15) is 24.0 Å². The number of hydrogen-bond acceptors (Lipinski definition) is 3. The van der Waals surface area contributed by atoms with E-state index in [0.29, 0.717) is 6.04 Å². The number of nitrogens with one attached hydrogen (secondary N) is 3. The molecule has 0 bridgehead atoms. The highest BCUT2D eigenvalue weighted by molar-refractivity contribution is 5.83. The third-order valence-corrected chi connectivity index (χ3v) is 5.70. The van der Waals surface area contributed by atoms with Gasteiger partial charge >= 0.3 is 0 Å². The van der Waals surface area contributed by atoms with Crippen molar-refractivity contribution in [1.29, 1.82) is 0 Å². The number of aromatic nitrogens is 2. The van der Waals surface area contributed by atoms with E-state index in [1.165, 1.54) is 11.6 Å². The van der Waals surface area contributed by atoms with Gasteiger partial charge in [-0.25, -0.2) is 9.37 Å². The lowest BCUT2D eigenvalue weighted by Crippen LogP contribution is -2.49. The molecule has 0 unspecified atom stereocenters. The number of aryl methyl sites for hydroxylation is 1. The van der Waals surface area contributed by atoms with Crippen LogP contribution < -0.4 is 15.5 Å². The highest BCUT2D eigenvalue weighted by Crippen LogP contribution is 2.20. The van der Waals surface area contributed by atoms with Crippen LogP contribution in [0.2, 0.25) is 0 Å². The van der Waals surface area contributed by atoms with Crippen LogP contribution in [0.3, 0.4) is 0 Å². The largest absolute Gasteiger partial charge is 0.361 e. The van der Waals surface area contributed by atoms with Crippen molar-refractivity contribution in [3.63, 3.8) is 0 Å². The predicted molar refractivity (Wildman–Crippen MR) is 121 cm³/mol. The van der Waals surface area contributed by atoms with E-state index in [9.17, 15) is 4.39 Å². The molecule has 1 saturated heterocycles. The van der Waals surface area contributed by atoms with Crippen LogP contribution in [-0.4, -0.2) is 48.7 Å². The van der Waals surface area contributed by atoms with Crippen LogP contribution in [0, 0.1) is 12.7 Å². The Hall–Kier alpha value is -3.09. The third kappa shape index (κ3) is 4.72. The molecule has 2 aromatic heterocycles. The maximum absolute atomic E-state index is 13.5. The molecule has 3 heterocycles. The summed E-state index contributed by atoms with van der Waals surface area (Å²) < 4.78 is 13.5. The first-order valence-corrected chi connectivity index (χ1v) is 10.5. The average molecular weight is 409 g/mol. The van der Waals surface area contributed by atoms with E-state index in [1.54, 1.807) is 19.2 Å². The highest BCUT2D eigenvalue weighted by Gasteiger charge is 2.20. The van der Waals surface area contributed by atoms with Gasteiger partial charge in [0.2, 0.25) is 0 Å². The van der Waals surface area contributed by atoms with E-state index < -0.39 is 0 Å². The van der Waals surface area contributed by atoms with Gasteiger partial charge < -0.3 is 20.5 Å². The van der Waals surface area contributed by atoms with Gasteiger partial charge in [-0.3, -0.25) is 4.99 Å². The number of aromatic amines is 1. The Morgan fingerprint density at radius 1 is 1.27 bits per heavy atom. The second kappa shape index (κ2) is 9.15. The Morgan fingerprint density at radius 3 is 2.83 bits per heavy atom. The number of rotatable bonds is 5. The summed E-state index contributed by atoms with van der Waals surface area (Å²) in [5.74, 6) is 1.66. The zero-order valence-corrected chi connectivity index (χ0v) is 17.6. The fourth-order valence-corrected chi connectivity index (χ4v) is 3.96. The Bertz CT molecular complexity index is 1000. The molecule has 7 heteroatoms. The van der Waals surface area contributed by atoms with Crippen molar-refractivity contribution in [3.05, 3.63) is 59.7 Å². The standard InChI is InChI=1S/C23H29FN6/c1-16-3-6-22(28-14-16)30-11-8-19(9-12-30)29-23(25-2)26-10-7-17-15-27-21-5-4-18(24)13-20(17)21/h3-6,13-15,19,27H,7-12H2,1-2H3,(H2,25,26,29). The molecular formula is C23H29FN6. The van der Waals surface area contributed by atoms with Gasteiger partial charge in [0.15, 0.2) is 5.96 Å². The Balaban J connectivity index is 1.25. The van der Waals surface area contributed by atoms with Gasteiger partial charge in [-0.05, 0) is 61.6 Å². The van der Waals surface area contributed by atoms with Crippen molar-refractivity contribution in [2.24, 2.45) is 4.99 Å². The van der Waals surface area contributed by atoms with E-state index in [4.69, 9.17) is 0 Å². The van der Waals surface area contributed by atoms with Crippen molar-refractivity contribution in [2.75, 3.05) is 31.6 Å². The maximum atomic E-state index is 13.5. The third-order valence-electron chi connectivity index (χ3n) is 5.70. The van der Waals surface area contributed by atoms with Crippen LogP contribution in [-0.2, 0) is 6.42 Å². The number of fused-ring (bicyclic) bond motifs is 1. The molecule has 0 spiro atoms. The van der Waals surface area contributed by atoms with E-state index in [-0.39, 0.29) is 5.82 Å². The molecule has 3 N–H and O–H groups in total. The minimum absolute atomic E-state index is 0.207. The fourth-order valence-electron chi connectivity index (χ4n) is 3.96. The molecule has 4 rings (SSSR count). The Kier molecular flexibility index (Phi) is 6.16.